The number of carbonyl (C=O) groups excluding carboxylic acids is 1. The number of hydrogen-bond acceptors (Lipinski definition) is 3. The first kappa shape index (κ1) is 22.4. The number of nitrogens with zero attached hydrogens (tertiary/aromatic N) is 2. The van der Waals surface area contributed by atoms with Crippen LogP contribution in [-0.2, 0) is 0 Å². The molecule has 0 saturated carbocycles. The second-order valence-electron chi connectivity index (χ2n) is 9.02. The summed E-state index contributed by atoms with van der Waals surface area (Å²) in [7, 11) is 0. The molecule has 1 aliphatic heterocycles. The quantitative estimate of drug-likeness (QED) is 0.286. The molecule has 2 heterocycles. The highest BCUT2D eigenvalue weighted by atomic mass is 35.5. The summed E-state index contributed by atoms with van der Waals surface area (Å²) in [4.78, 5) is 13.4. The van der Waals surface area contributed by atoms with E-state index < -0.39 is 0 Å². The minimum atomic E-state index is 0.115. The molecule has 3 atom stereocenters. The van der Waals surface area contributed by atoms with Crippen LogP contribution in [0.4, 0.5) is 5.82 Å². The van der Waals surface area contributed by atoms with Gasteiger partial charge in [0.05, 0.1) is 23.8 Å². The molecule has 4 aromatic rings. The maximum atomic E-state index is 13.4. The Balaban J connectivity index is 1.37. The lowest BCUT2D eigenvalue weighted by molar-refractivity contribution is 0.0979. The van der Waals surface area contributed by atoms with Crippen LogP contribution in [-0.4, -0.2) is 15.6 Å². The lowest BCUT2D eigenvalue weighted by atomic mass is 9.86. The molecule has 4 nitrogen and oxygen atoms in total. The van der Waals surface area contributed by atoms with Crippen molar-refractivity contribution < 1.29 is 4.79 Å². The van der Waals surface area contributed by atoms with E-state index >= 15 is 0 Å². The average Bonchev–Trinajstić information content (AvgIpc) is 3.31. The van der Waals surface area contributed by atoms with Gasteiger partial charge in [0, 0.05) is 17.4 Å². The standard InChI is InChI=1S/C29H28ClN3O/c1-20-18-27(23-10-6-3-7-11-23)32-29-26(19-31-33(20)29)28(34)17-16-25(21-8-4-2-5-9-21)22-12-14-24(30)15-13-22/h2-15,19-20,25,27,32H,16-18H2,1H3. The molecule has 0 radical (unpaired) electrons. The molecule has 3 aromatic carbocycles. The summed E-state index contributed by atoms with van der Waals surface area (Å²) in [6.45, 7) is 2.16. The van der Waals surface area contributed by atoms with Gasteiger partial charge in [0.15, 0.2) is 5.78 Å². The number of hydrogen-bond donors (Lipinski definition) is 1. The fraction of sp³-hybridized carbons (Fsp3) is 0.241. The zero-order valence-corrected chi connectivity index (χ0v) is 20.0. The second kappa shape index (κ2) is 9.86. The topological polar surface area (TPSA) is 46.9 Å². The number of carbonyl (C=O) groups is 1. The summed E-state index contributed by atoms with van der Waals surface area (Å²) in [5.74, 6) is 1.07. The Kier molecular flexibility index (Phi) is 6.50. The summed E-state index contributed by atoms with van der Waals surface area (Å²) < 4.78 is 1.96. The molecule has 34 heavy (non-hydrogen) atoms. The average molecular weight is 470 g/mol. The van der Waals surface area contributed by atoms with Crippen molar-refractivity contribution in [2.45, 2.75) is 44.2 Å². The number of nitrogens with one attached hydrogen (secondary N) is 1. The van der Waals surface area contributed by atoms with E-state index in [2.05, 4.69) is 65.9 Å². The van der Waals surface area contributed by atoms with Crippen LogP contribution in [0, 0.1) is 0 Å². The second-order valence-corrected chi connectivity index (χ2v) is 9.46. The third kappa shape index (κ3) is 4.64. The Bertz CT molecular complexity index is 1250. The van der Waals surface area contributed by atoms with Gasteiger partial charge >= 0.3 is 0 Å². The van der Waals surface area contributed by atoms with Gasteiger partial charge in [0.25, 0.3) is 0 Å². The number of aromatic nitrogens is 2. The molecule has 172 valence electrons. The van der Waals surface area contributed by atoms with Crippen LogP contribution < -0.4 is 5.32 Å². The van der Waals surface area contributed by atoms with Gasteiger partial charge in [0.1, 0.15) is 5.82 Å². The lowest BCUT2D eigenvalue weighted by Crippen LogP contribution is -2.26. The summed E-state index contributed by atoms with van der Waals surface area (Å²) in [5.41, 5.74) is 4.27. The van der Waals surface area contributed by atoms with E-state index in [9.17, 15) is 4.79 Å². The number of anilines is 1. The highest BCUT2D eigenvalue weighted by Gasteiger charge is 2.29. The van der Waals surface area contributed by atoms with Gasteiger partial charge < -0.3 is 5.32 Å². The van der Waals surface area contributed by atoms with Crippen LogP contribution in [0.2, 0.25) is 5.02 Å². The van der Waals surface area contributed by atoms with Crippen LogP contribution in [0.5, 0.6) is 0 Å². The molecule has 1 aliphatic rings. The number of rotatable bonds is 7. The van der Waals surface area contributed by atoms with Gasteiger partial charge in [-0.2, -0.15) is 5.10 Å². The van der Waals surface area contributed by atoms with Crippen molar-refractivity contribution in [3.63, 3.8) is 0 Å². The molecule has 1 aromatic heterocycles. The van der Waals surface area contributed by atoms with Crippen molar-refractivity contribution in [1.82, 2.24) is 9.78 Å². The van der Waals surface area contributed by atoms with E-state index in [1.54, 1.807) is 6.20 Å². The summed E-state index contributed by atoms with van der Waals surface area (Å²) in [6, 6.07) is 29.1. The fourth-order valence-corrected chi connectivity index (χ4v) is 5.06. The van der Waals surface area contributed by atoms with Crippen LogP contribution >= 0.6 is 11.6 Å². The Morgan fingerprint density at radius 3 is 2.35 bits per heavy atom. The minimum absolute atomic E-state index is 0.115. The monoisotopic (exact) mass is 469 g/mol. The van der Waals surface area contributed by atoms with Gasteiger partial charge in [-0.3, -0.25) is 4.79 Å². The third-order valence-electron chi connectivity index (χ3n) is 6.74. The molecular weight excluding hydrogens is 442 g/mol. The first-order valence-corrected chi connectivity index (χ1v) is 12.2. The van der Waals surface area contributed by atoms with E-state index in [-0.39, 0.29) is 23.8 Å². The summed E-state index contributed by atoms with van der Waals surface area (Å²) >= 11 is 6.12. The normalized spacial score (nSPS) is 18.1. The molecule has 3 unspecified atom stereocenters. The first-order chi connectivity index (χ1) is 16.6. The van der Waals surface area contributed by atoms with E-state index in [4.69, 9.17) is 11.6 Å². The van der Waals surface area contributed by atoms with Gasteiger partial charge in [-0.25, -0.2) is 4.68 Å². The van der Waals surface area contributed by atoms with E-state index in [0.717, 1.165) is 17.8 Å². The first-order valence-electron chi connectivity index (χ1n) is 11.8. The molecule has 0 saturated heterocycles. The Labute approximate surface area is 205 Å². The maximum absolute atomic E-state index is 13.4. The Hall–Kier alpha value is -3.37. The van der Waals surface area contributed by atoms with Crippen molar-refractivity contribution in [1.29, 1.82) is 0 Å². The molecule has 0 spiro atoms. The minimum Gasteiger partial charge on any atom is -0.363 e. The predicted octanol–water partition coefficient (Wildman–Crippen LogP) is 7.45. The molecule has 0 bridgehead atoms. The lowest BCUT2D eigenvalue weighted by Gasteiger charge is -2.31. The zero-order chi connectivity index (χ0) is 23.5. The Morgan fingerprint density at radius 1 is 1.00 bits per heavy atom. The van der Waals surface area contributed by atoms with Crippen molar-refractivity contribution in [3.05, 3.63) is 118 Å². The molecule has 0 amide bonds. The SMILES string of the molecule is CC1CC(c2ccccc2)Nc2c(C(=O)CCC(c3ccccc3)c3ccc(Cl)cc3)cnn21. The number of benzene rings is 3. The van der Waals surface area contributed by atoms with E-state index in [1.807, 2.05) is 41.1 Å². The predicted molar refractivity (Wildman–Crippen MR) is 138 cm³/mol. The number of ketones is 1. The van der Waals surface area contributed by atoms with Crippen LogP contribution in [0.15, 0.2) is 91.1 Å². The van der Waals surface area contributed by atoms with Crippen molar-refractivity contribution >= 4 is 23.2 Å². The molecule has 0 aliphatic carbocycles. The molecule has 5 heteroatoms. The summed E-state index contributed by atoms with van der Waals surface area (Å²) in [5, 5.41) is 8.87. The highest BCUT2D eigenvalue weighted by molar-refractivity contribution is 6.30. The maximum Gasteiger partial charge on any atom is 0.168 e. The largest absolute Gasteiger partial charge is 0.363 e. The molecule has 5 rings (SSSR count). The third-order valence-corrected chi connectivity index (χ3v) is 6.99. The zero-order valence-electron chi connectivity index (χ0n) is 19.2. The molecular formula is C29H28ClN3O. The van der Waals surface area contributed by atoms with Gasteiger partial charge in [-0.15, -0.1) is 0 Å². The van der Waals surface area contributed by atoms with Crippen molar-refractivity contribution in [2.75, 3.05) is 5.32 Å². The smallest absolute Gasteiger partial charge is 0.168 e. The summed E-state index contributed by atoms with van der Waals surface area (Å²) in [6.07, 6.45) is 3.81. The number of halogens is 1. The highest BCUT2D eigenvalue weighted by Crippen LogP contribution is 2.37. The van der Waals surface area contributed by atoms with Gasteiger partial charge in [-0.1, -0.05) is 84.4 Å². The Morgan fingerprint density at radius 2 is 1.65 bits per heavy atom. The van der Waals surface area contributed by atoms with Gasteiger partial charge in [-0.05, 0) is 48.6 Å². The van der Waals surface area contributed by atoms with Gasteiger partial charge in [0.2, 0.25) is 0 Å². The van der Waals surface area contributed by atoms with E-state index in [1.165, 1.54) is 11.1 Å². The molecule has 0 fully saturated rings. The van der Waals surface area contributed by atoms with E-state index in [0.29, 0.717) is 23.4 Å². The van der Waals surface area contributed by atoms with Crippen molar-refractivity contribution in [2.24, 2.45) is 0 Å². The number of Topliss-reactive ketones (excluding diaryl/α,β-unsaturated/α-hetero) is 1. The fourth-order valence-electron chi connectivity index (χ4n) is 4.93. The van der Waals surface area contributed by atoms with Crippen LogP contribution in [0.3, 0.4) is 0 Å². The van der Waals surface area contributed by atoms with Crippen molar-refractivity contribution in [3.8, 4) is 0 Å². The van der Waals surface area contributed by atoms with Crippen LogP contribution in [0.1, 0.15) is 71.2 Å². The molecule has 1 N–H and O–H groups in total. The van der Waals surface area contributed by atoms with Crippen LogP contribution in [0.25, 0.3) is 0 Å². The number of fused-ring (bicyclic) bond motifs is 1.